The number of hydroxylamine groups is 1. The molecule has 0 saturated heterocycles. The van der Waals surface area contributed by atoms with Crippen LogP contribution in [-0.2, 0) is 14.3 Å². The van der Waals surface area contributed by atoms with Gasteiger partial charge in [0.2, 0.25) is 0 Å². The van der Waals surface area contributed by atoms with E-state index in [0.29, 0.717) is 0 Å². The molecule has 6 nitrogen and oxygen atoms in total. The van der Waals surface area contributed by atoms with Crippen LogP contribution in [0.15, 0.2) is 65.6 Å². The van der Waals surface area contributed by atoms with Crippen LogP contribution in [0.3, 0.4) is 0 Å². The summed E-state index contributed by atoms with van der Waals surface area (Å²) in [7, 11) is 0. The zero-order chi connectivity index (χ0) is 20.5. The molecule has 0 aromatic heterocycles. The SMILES string of the molecule is O=C(/C=C/c1cccc(SNC(C(=O)OC2CCCC2)c2ccccc2)c1)NO. The van der Waals surface area contributed by atoms with Crippen molar-refractivity contribution >= 4 is 29.9 Å². The highest BCUT2D eigenvalue weighted by Gasteiger charge is 2.26. The van der Waals surface area contributed by atoms with Gasteiger partial charge in [-0.15, -0.1) is 0 Å². The summed E-state index contributed by atoms with van der Waals surface area (Å²) >= 11 is 1.33. The average Bonchev–Trinajstić information content (AvgIpc) is 3.26. The molecule has 0 radical (unpaired) electrons. The molecule has 2 aromatic carbocycles. The Bertz CT molecular complexity index is 851. The second-order valence-electron chi connectivity index (χ2n) is 6.79. The summed E-state index contributed by atoms with van der Waals surface area (Å²) in [4.78, 5) is 24.8. The molecular formula is C22H24N2O4S. The monoisotopic (exact) mass is 412 g/mol. The molecule has 0 spiro atoms. The summed E-state index contributed by atoms with van der Waals surface area (Å²) in [5, 5.41) is 8.57. The van der Waals surface area contributed by atoms with Crippen LogP contribution in [0.5, 0.6) is 0 Å². The molecule has 3 N–H and O–H groups in total. The zero-order valence-corrected chi connectivity index (χ0v) is 16.7. The van der Waals surface area contributed by atoms with Gasteiger partial charge in [0.15, 0.2) is 0 Å². The fourth-order valence-electron chi connectivity index (χ4n) is 3.15. The third-order valence-corrected chi connectivity index (χ3v) is 5.49. The molecule has 1 amide bonds. The first-order chi connectivity index (χ1) is 14.2. The Morgan fingerprint density at radius 3 is 2.59 bits per heavy atom. The predicted molar refractivity (Wildman–Crippen MR) is 112 cm³/mol. The maximum absolute atomic E-state index is 12.8. The van der Waals surface area contributed by atoms with E-state index in [1.807, 2.05) is 54.6 Å². The molecule has 1 aliphatic carbocycles. The van der Waals surface area contributed by atoms with E-state index in [1.54, 1.807) is 11.6 Å². The van der Waals surface area contributed by atoms with Gasteiger partial charge in [-0.3, -0.25) is 10.0 Å². The number of ether oxygens (including phenoxy) is 1. The predicted octanol–water partition coefficient (Wildman–Crippen LogP) is 4.03. The van der Waals surface area contributed by atoms with Crippen LogP contribution in [0.25, 0.3) is 6.08 Å². The van der Waals surface area contributed by atoms with Crippen molar-refractivity contribution in [2.45, 2.75) is 42.7 Å². The number of hydrogen-bond donors (Lipinski definition) is 3. The molecule has 3 rings (SSSR count). The number of esters is 1. The summed E-state index contributed by atoms with van der Waals surface area (Å²) in [6.45, 7) is 0. The van der Waals surface area contributed by atoms with Gasteiger partial charge in [0, 0.05) is 11.0 Å². The number of benzene rings is 2. The zero-order valence-electron chi connectivity index (χ0n) is 15.9. The van der Waals surface area contributed by atoms with Crippen LogP contribution >= 0.6 is 11.9 Å². The molecule has 1 atom stereocenters. The van der Waals surface area contributed by atoms with Crippen LogP contribution in [-0.4, -0.2) is 23.2 Å². The number of amides is 1. The first kappa shape index (κ1) is 21.1. The Labute approximate surface area is 174 Å². The van der Waals surface area contributed by atoms with Gasteiger partial charge in [-0.05, 0) is 67.0 Å². The third kappa shape index (κ3) is 6.45. The van der Waals surface area contributed by atoms with E-state index in [4.69, 9.17) is 9.94 Å². The molecular weight excluding hydrogens is 388 g/mol. The van der Waals surface area contributed by atoms with Gasteiger partial charge in [0.1, 0.15) is 12.1 Å². The normalized spacial score (nSPS) is 15.3. The molecule has 1 fully saturated rings. The minimum absolute atomic E-state index is 0.00616. The highest BCUT2D eigenvalue weighted by atomic mass is 32.2. The van der Waals surface area contributed by atoms with Crippen molar-refractivity contribution in [1.29, 1.82) is 0 Å². The Balaban J connectivity index is 1.69. The highest BCUT2D eigenvalue weighted by molar-refractivity contribution is 7.97. The number of nitrogens with one attached hydrogen (secondary N) is 2. The molecule has 0 aliphatic heterocycles. The summed E-state index contributed by atoms with van der Waals surface area (Å²) in [6.07, 6.45) is 6.90. The summed E-state index contributed by atoms with van der Waals surface area (Å²) in [5.41, 5.74) is 3.20. The van der Waals surface area contributed by atoms with E-state index >= 15 is 0 Å². The lowest BCUT2D eigenvalue weighted by atomic mass is 10.1. The van der Waals surface area contributed by atoms with Crippen molar-refractivity contribution in [2.24, 2.45) is 0 Å². The van der Waals surface area contributed by atoms with Crippen molar-refractivity contribution in [3.63, 3.8) is 0 Å². The van der Waals surface area contributed by atoms with Crippen molar-refractivity contribution in [2.75, 3.05) is 0 Å². The number of carbonyl (C=O) groups excluding carboxylic acids is 2. The third-order valence-electron chi connectivity index (χ3n) is 4.64. The Hall–Kier alpha value is -2.61. The Morgan fingerprint density at radius 1 is 1.10 bits per heavy atom. The first-order valence-corrected chi connectivity index (χ1v) is 10.4. The van der Waals surface area contributed by atoms with Gasteiger partial charge >= 0.3 is 5.97 Å². The molecule has 2 aromatic rings. The van der Waals surface area contributed by atoms with Crippen molar-refractivity contribution < 1.29 is 19.5 Å². The molecule has 1 saturated carbocycles. The van der Waals surface area contributed by atoms with E-state index in [9.17, 15) is 9.59 Å². The molecule has 7 heteroatoms. The average molecular weight is 413 g/mol. The standard InChI is InChI=1S/C22H24N2O4S/c25-20(23-27)14-13-16-7-6-12-19(15-16)29-24-21(17-8-2-1-3-9-17)22(26)28-18-10-4-5-11-18/h1-3,6-9,12-15,18,21,24,27H,4-5,10-11H2,(H,23,25)/b14-13+. The van der Waals surface area contributed by atoms with Gasteiger partial charge in [-0.2, -0.15) is 0 Å². The van der Waals surface area contributed by atoms with E-state index in [-0.39, 0.29) is 12.1 Å². The number of carbonyl (C=O) groups is 2. The van der Waals surface area contributed by atoms with E-state index in [0.717, 1.165) is 41.7 Å². The topological polar surface area (TPSA) is 87.7 Å². The fraction of sp³-hybridized carbons (Fsp3) is 0.273. The quantitative estimate of drug-likeness (QED) is 0.199. The van der Waals surface area contributed by atoms with Gasteiger partial charge < -0.3 is 4.74 Å². The van der Waals surface area contributed by atoms with Gasteiger partial charge in [0.25, 0.3) is 5.91 Å². The molecule has 1 unspecified atom stereocenters. The van der Waals surface area contributed by atoms with Crippen molar-refractivity contribution in [1.82, 2.24) is 10.2 Å². The van der Waals surface area contributed by atoms with Gasteiger partial charge in [-0.1, -0.05) is 42.5 Å². The first-order valence-electron chi connectivity index (χ1n) is 9.56. The maximum atomic E-state index is 12.8. The second kappa shape index (κ2) is 10.8. The molecule has 152 valence electrons. The van der Waals surface area contributed by atoms with E-state index < -0.39 is 11.9 Å². The number of hydrogen-bond acceptors (Lipinski definition) is 6. The largest absolute Gasteiger partial charge is 0.461 e. The minimum atomic E-state index is -0.597. The molecule has 0 heterocycles. The van der Waals surface area contributed by atoms with Crippen molar-refractivity contribution in [3.8, 4) is 0 Å². The summed E-state index contributed by atoms with van der Waals surface area (Å²) < 4.78 is 8.95. The van der Waals surface area contributed by atoms with Crippen LogP contribution in [0, 0.1) is 0 Å². The summed E-state index contributed by atoms with van der Waals surface area (Å²) in [6, 6.07) is 16.4. The molecule has 1 aliphatic rings. The highest BCUT2D eigenvalue weighted by Crippen LogP contribution is 2.27. The van der Waals surface area contributed by atoms with Crippen LogP contribution in [0.4, 0.5) is 0 Å². The molecule has 29 heavy (non-hydrogen) atoms. The lowest BCUT2D eigenvalue weighted by molar-refractivity contribution is -0.150. The fourth-order valence-corrected chi connectivity index (χ4v) is 3.98. The maximum Gasteiger partial charge on any atom is 0.328 e. The minimum Gasteiger partial charge on any atom is -0.461 e. The second-order valence-corrected chi connectivity index (χ2v) is 7.70. The van der Waals surface area contributed by atoms with Crippen LogP contribution < -0.4 is 10.2 Å². The number of rotatable bonds is 8. The van der Waals surface area contributed by atoms with E-state index in [1.165, 1.54) is 18.0 Å². The summed E-state index contributed by atoms with van der Waals surface area (Å²) in [5.74, 6) is -0.869. The Morgan fingerprint density at radius 2 is 1.86 bits per heavy atom. The van der Waals surface area contributed by atoms with Gasteiger partial charge in [-0.25, -0.2) is 15.0 Å². The van der Waals surface area contributed by atoms with Gasteiger partial charge in [0.05, 0.1) is 0 Å². The van der Waals surface area contributed by atoms with Crippen LogP contribution in [0.2, 0.25) is 0 Å². The van der Waals surface area contributed by atoms with Crippen LogP contribution in [0.1, 0.15) is 42.9 Å². The van der Waals surface area contributed by atoms with Crippen molar-refractivity contribution in [3.05, 3.63) is 71.8 Å². The van der Waals surface area contributed by atoms with E-state index in [2.05, 4.69) is 4.72 Å². The Kier molecular flexibility index (Phi) is 7.86. The smallest absolute Gasteiger partial charge is 0.328 e. The lowest BCUT2D eigenvalue weighted by Gasteiger charge is -2.20. The molecule has 0 bridgehead atoms. The lowest BCUT2D eigenvalue weighted by Crippen LogP contribution is -2.28.